The van der Waals surface area contributed by atoms with Gasteiger partial charge in [-0.15, -0.1) is 12.3 Å². The van der Waals surface area contributed by atoms with Crippen LogP contribution in [0.1, 0.15) is 52.6 Å². The molecule has 5 aromatic carbocycles. The molecule has 0 unspecified atom stereocenters. The molecule has 10 aromatic rings. The third-order valence-electron chi connectivity index (χ3n) is 11.0. The van der Waals surface area contributed by atoms with E-state index in [4.69, 9.17) is 40.1 Å². The quantitative estimate of drug-likeness (QED) is 0.0377. The number of furan rings is 3. The van der Waals surface area contributed by atoms with Crippen molar-refractivity contribution in [2.75, 3.05) is 37.9 Å². The van der Waals surface area contributed by atoms with Crippen molar-refractivity contribution in [3.05, 3.63) is 181 Å². The van der Waals surface area contributed by atoms with Crippen molar-refractivity contribution >= 4 is 151 Å². The highest BCUT2D eigenvalue weighted by Gasteiger charge is 2.20. The number of aromatic nitrogens is 3. The van der Waals surface area contributed by atoms with Crippen LogP contribution in [0.4, 0.5) is 27.8 Å². The Morgan fingerprint density at radius 1 is 0.732 bits per heavy atom. The molecule has 1 amide bonds. The molecule has 5 aromatic heterocycles. The van der Waals surface area contributed by atoms with Gasteiger partial charge < -0.3 is 44.3 Å². The highest BCUT2D eigenvalue weighted by atomic mass is 127. The van der Waals surface area contributed by atoms with E-state index in [1.165, 1.54) is 79.0 Å². The Hall–Kier alpha value is -5.83. The molecule has 16 nitrogen and oxygen atoms in total. The molecule has 1 atom stereocenters. The van der Waals surface area contributed by atoms with Gasteiger partial charge in [-0.25, -0.2) is 31.5 Å². The number of phenols is 2. The van der Waals surface area contributed by atoms with Crippen molar-refractivity contribution in [2.45, 2.75) is 38.6 Å². The number of anilines is 1. The second kappa shape index (κ2) is 30.6. The minimum absolute atomic E-state index is 0.0116. The molecular weight excluding hydrogens is 1550 g/mol. The number of nitrogens with one attached hydrogen (secondary N) is 2. The van der Waals surface area contributed by atoms with Crippen LogP contribution in [-0.2, 0) is 33.6 Å². The first kappa shape index (κ1) is 65.3. The number of carbonyl (C=O) groups is 1. The minimum Gasteiger partial charge on any atom is -0.508 e. The Morgan fingerprint density at radius 2 is 1.28 bits per heavy atom. The van der Waals surface area contributed by atoms with Gasteiger partial charge in [-0.1, -0.05) is 0 Å². The van der Waals surface area contributed by atoms with E-state index in [-0.39, 0.29) is 72.4 Å². The van der Waals surface area contributed by atoms with Gasteiger partial charge in [0, 0.05) is 60.1 Å². The second-order valence-corrected chi connectivity index (χ2v) is 23.6. The van der Waals surface area contributed by atoms with Crippen LogP contribution in [0.3, 0.4) is 0 Å². The lowest BCUT2D eigenvalue weighted by molar-refractivity contribution is 0.0955. The van der Waals surface area contributed by atoms with Crippen molar-refractivity contribution < 1.29 is 73.0 Å². The van der Waals surface area contributed by atoms with Crippen LogP contribution in [-0.4, -0.2) is 82.0 Å². The number of phenolic OH excluding ortho intramolecular Hbond substituents is 2. The van der Waals surface area contributed by atoms with E-state index >= 15 is 0 Å². The lowest BCUT2D eigenvalue weighted by Crippen LogP contribution is -2.25. The average Bonchev–Trinajstić information content (AvgIpc) is 4.24. The first-order chi connectivity index (χ1) is 38.9. The van der Waals surface area contributed by atoms with E-state index in [2.05, 4.69) is 30.8 Å². The Bertz CT molecular complexity index is 3940. The number of hydrogen-bond acceptors (Lipinski definition) is 14. The number of fused-ring (bicyclic) bond motifs is 4. The van der Waals surface area contributed by atoms with Gasteiger partial charge in [0.05, 0.1) is 52.6 Å². The highest BCUT2D eigenvalue weighted by Crippen LogP contribution is 2.32. The van der Waals surface area contributed by atoms with Crippen LogP contribution >= 0.6 is 90.4 Å². The average molecular weight is 1600 g/mol. The molecule has 82 heavy (non-hydrogen) atoms. The summed E-state index contributed by atoms with van der Waals surface area (Å²) in [5.74, 6) is 3.21. The molecule has 6 N–H and O–H groups in total. The van der Waals surface area contributed by atoms with Crippen LogP contribution in [0.5, 0.6) is 11.5 Å². The summed E-state index contributed by atoms with van der Waals surface area (Å²) >= 11 is 7.78. The van der Waals surface area contributed by atoms with Crippen LogP contribution in [0.15, 0.2) is 123 Å². The largest absolute Gasteiger partial charge is 0.508 e. The number of rotatable bonds is 7. The van der Waals surface area contributed by atoms with Crippen LogP contribution in [0.2, 0.25) is 0 Å². The van der Waals surface area contributed by atoms with Gasteiger partial charge in [-0.05, 0) is 194 Å². The van der Waals surface area contributed by atoms with E-state index in [1.807, 2.05) is 103 Å². The minimum atomic E-state index is -3.44. The molecule has 1 aliphatic rings. The van der Waals surface area contributed by atoms with Crippen molar-refractivity contribution in [3.63, 3.8) is 0 Å². The molecule has 0 saturated carbocycles. The number of halogens is 9. The summed E-state index contributed by atoms with van der Waals surface area (Å²) in [6, 6.07) is 22.9. The molecule has 6 heterocycles. The van der Waals surface area contributed by atoms with E-state index in [9.17, 15) is 35.2 Å². The molecule has 1 aliphatic heterocycles. The molecule has 0 radical (unpaired) electrons. The maximum Gasteiger partial charge on any atom is 0.264 e. The Morgan fingerprint density at radius 3 is 1.82 bits per heavy atom. The van der Waals surface area contributed by atoms with Crippen molar-refractivity contribution in [1.82, 2.24) is 19.9 Å². The van der Waals surface area contributed by atoms with Gasteiger partial charge in [-0.3, -0.25) is 8.98 Å². The predicted octanol–water partition coefficient (Wildman–Crippen LogP) is 12.8. The summed E-state index contributed by atoms with van der Waals surface area (Å²) in [6.07, 6.45) is 10.7. The zero-order valence-corrected chi connectivity index (χ0v) is 52.4. The molecule has 0 fully saturated rings. The van der Waals surface area contributed by atoms with Gasteiger partial charge in [0.1, 0.15) is 86.0 Å². The summed E-state index contributed by atoms with van der Waals surface area (Å²) < 4.78 is 112. The fourth-order valence-electron chi connectivity index (χ4n) is 7.39. The van der Waals surface area contributed by atoms with E-state index in [1.54, 1.807) is 28.9 Å². The monoisotopic (exact) mass is 1600 g/mol. The van der Waals surface area contributed by atoms with Gasteiger partial charge in [-0.2, -0.15) is 13.5 Å². The fraction of sp³-hybridized carbons (Fsp3) is 0.196. The maximum absolute atomic E-state index is 14.1. The smallest absolute Gasteiger partial charge is 0.264 e. The molecule has 26 heteroatoms. The summed E-state index contributed by atoms with van der Waals surface area (Å²) in [5, 5.41) is 46.8. The van der Waals surface area contributed by atoms with Crippen molar-refractivity contribution in [2.24, 2.45) is 0 Å². The number of hydrogen-bond donors (Lipinski definition) is 6. The first-order valence-electron chi connectivity index (χ1n) is 24.1. The maximum atomic E-state index is 14.1. The number of aromatic hydroxyl groups is 2. The highest BCUT2D eigenvalue weighted by molar-refractivity contribution is 14.1. The Labute approximate surface area is 520 Å². The topological polar surface area (TPSA) is 235 Å². The molecular formula is C56H48F5I4N5O11S. The predicted molar refractivity (Wildman–Crippen MR) is 332 cm³/mol. The molecule has 4 bridgehead atoms. The fourth-order valence-corrected chi connectivity index (χ4v) is 10.9. The van der Waals surface area contributed by atoms with E-state index in [0.29, 0.717) is 110 Å². The lowest BCUT2D eigenvalue weighted by atomic mass is 10.1. The lowest BCUT2D eigenvalue weighted by Gasteiger charge is -2.16. The molecule has 0 aliphatic carbocycles. The Kier molecular flexibility index (Phi) is 24.4. The second-order valence-electron chi connectivity index (χ2n) is 17.3. The number of carbonyl (C=O) groups excluding carboxylic acids is 1. The summed E-state index contributed by atoms with van der Waals surface area (Å²) in [6.45, 7) is 2.46. The molecule has 432 valence electrons. The third-order valence-corrected chi connectivity index (χ3v) is 14.8. The number of amides is 1. The molecule has 0 saturated heterocycles. The summed E-state index contributed by atoms with van der Waals surface area (Å²) in [7, 11) is -3.44. The van der Waals surface area contributed by atoms with Crippen molar-refractivity contribution in [1.29, 1.82) is 0 Å². The van der Waals surface area contributed by atoms with Crippen molar-refractivity contribution in [3.8, 4) is 23.8 Å². The van der Waals surface area contributed by atoms with E-state index in [0.717, 1.165) is 15.2 Å². The van der Waals surface area contributed by atoms with Gasteiger partial charge >= 0.3 is 0 Å². The van der Waals surface area contributed by atoms with Gasteiger partial charge in [0.25, 0.3) is 16.0 Å². The zero-order valence-electron chi connectivity index (χ0n) is 43.0. The SMILES string of the molecule is C#CCCO.CS(=O)(=O)OCCc1cc2cc(F)cc(I)c2o1.C[C@H]1Nc2ccn3ncc(c3n2)C(=O)NCCc2cc3cc(F)cc1c3o2.OCCc1cc2cc(F)cc(I)c2o1.Oc1c(I)cc(F)cc1I.Oc1ccc(F)cc1. The standard InChI is InChI=1S/C19H16FN5O2.C11H10FIO4S.C10H8FIO2.C6H3FI2O.C6H5FO.C4H6O/c1-10-14-8-12(20)6-11-7-13(27-17(11)14)2-4-21-19(26)15-9-22-25-5-3-16(23-10)24-18(15)25;1-18(14,15)16-3-2-9-5-7-4-8(12)6-10(13)11(7)17-9;11-7-3-6-4-8(1-2-13)14-10(6)9(12)5-7;7-3-1-4(8)6(10)5(9)2-3;7-5-1-3-6(8)4-2-5;1-2-3-4-5/h3,5-10H,2,4H2,1H3,(H,21,26)(H,23,24);4-6H,2-3H2,1H3;3-5,13H,1-2H2;1-2,10H;1-4,8H;1,5H,3-4H2/t10-;;;;;/m1...../s1. The molecule has 0 spiro atoms. The first-order valence-corrected chi connectivity index (χ1v) is 30.2. The van der Waals surface area contributed by atoms with Gasteiger partial charge in [0.15, 0.2) is 5.65 Å². The Balaban J connectivity index is 0.000000172. The zero-order chi connectivity index (χ0) is 59.8. The normalized spacial score (nSPS) is 12.7. The van der Waals surface area contributed by atoms with Gasteiger partial charge in [0.2, 0.25) is 0 Å². The number of terminal acetylenes is 1. The number of benzene rings is 5. The van der Waals surface area contributed by atoms with Crippen LogP contribution < -0.4 is 10.6 Å². The van der Waals surface area contributed by atoms with E-state index < -0.39 is 10.1 Å². The number of aliphatic hydroxyl groups is 2. The number of aliphatic hydroxyl groups excluding tert-OH is 2. The summed E-state index contributed by atoms with van der Waals surface area (Å²) in [4.78, 5) is 17.0. The molecule has 11 rings (SSSR count). The number of nitrogens with zero attached hydrogens (tertiary/aromatic N) is 3. The summed E-state index contributed by atoms with van der Waals surface area (Å²) in [5.41, 5.74) is 3.51. The van der Waals surface area contributed by atoms with Crippen LogP contribution in [0.25, 0.3) is 38.6 Å². The third kappa shape index (κ3) is 19.1. The van der Waals surface area contributed by atoms with Crippen LogP contribution in [0, 0.1) is 55.7 Å².